The van der Waals surface area contributed by atoms with E-state index in [-0.39, 0.29) is 0 Å². The lowest BCUT2D eigenvalue weighted by Gasteiger charge is -2.32. The van der Waals surface area contributed by atoms with Crippen molar-refractivity contribution in [1.29, 1.82) is 0 Å². The van der Waals surface area contributed by atoms with E-state index < -0.39 is 0 Å². The Morgan fingerprint density at radius 1 is 1.18 bits per heavy atom. The number of alkyl halides is 1. The molecule has 2 aliphatic carbocycles. The highest BCUT2D eigenvalue weighted by atomic mass is 35.5. The van der Waals surface area contributed by atoms with Crippen molar-refractivity contribution in [2.24, 2.45) is 5.92 Å². The summed E-state index contributed by atoms with van der Waals surface area (Å²) < 4.78 is 0. The highest BCUT2D eigenvalue weighted by Gasteiger charge is 2.26. The molecule has 2 unspecified atom stereocenters. The molecule has 0 aromatic carbocycles. The smallest absolute Gasteiger partial charge is 0.0547 e. The number of halogens is 1. The van der Waals surface area contributed by atoms with Crippen LogP contribution in [0.3, 0.4) is 0 Å². The summed E-state index contributed by atoms with van der Waals surface area (Å²) in [6.45, 7) is 0. The standard InChI is InChI=1S/C10H15Cl/c11-10-7-3-5-8-4-1-2-6-9(8)10/h6,8,10H,1-5,7H2. The Labute approximate surface area is 73.6 Å². The van der Waals surface area contributed by atoms with Crippen molar-refractivity contribution in [2.45, 2.75) is 43.9 Å². The zero-order valence-corrected chi connectivity index (χ0v) is 7.61. The number of hydrogen-bond acceptors (Lipinski definition) is 0. The fraction of sp³-hybridized carbons (Fsp3) is 0.800. The molecule has 1 heteroatoms. The molecular formula is C10H15Cl. The van der Waals surface area contributed by atoms with Crippen molar-refractivity contribution >= 4 is 11.6 Å². The average molecular weight is 171 g/mol. The molecule has 1 saturated carbocycles. The summed E-state index contributed by atoms with van der Waals surface area (Å²) in [5.41, 5.74) is 1.57. The number of hydrogen-bond donors (Lipinski definition) is 0. The van der Waals surface area contributed by atoms with E-state index in [1.165, 1.54) is 38.5 Å². The quantitative estimate of drug-likeness (QED) is 0.386. The lowest BCUT2D eigenvalue weighted by Crippen LogP contribution is -2.21. The fourth-order valence-corrected chi connectivity index (χ4v) is 2.79. The molecule has 0 radical (unpaired) electrons. The Hall–Kier alpha value is 0.0300. The summed E-state index contributed by atoms with van der Waals surface area (Å²) in [7, 11) is 0. The molecule has 0 amide bonds. The summed E-state index contributed by atoms with van der Waals surface area (Å²) in [6, 6.07) is 0. The van der Waals surface area contributed by atoms with Gasteiger partial charge in [0.05, 0.1) is 5.38 Å². The van der Waals surface area contributed by atoms with E-state index >= 15 is 0 Å². The molecule has 62 valence electrons. The molecule has 0 heterocycles. The number of allylic oxidation sites excluding steroid dienone is 2. The minimum atomic E-state index is 0.383. The second-order valence-corrected chi connectivity index (χ2v) is 4.26. The van der Waals surface area contributed by atoms with Gasteiger partial charge in [-0.1, -0.05) is 18.1 Å². The van der Waals surface area contributed by atoms with Gasteiger partial charge in [0.15, 0.2) is 0 Å². The summed E-state index contributed by atoms with van der Waals surface area (Å²) in [5.74, 6) is 0.861. The predicted molar refractivity (Wildman–Crippen MR) is 48.9 cm³/mol. The summed E-state index contributed by atoms with van der Waals surface area (Å²) in [6.07, 6.45) is 10.4. The summed E-state index contributed by atoms with van der Waals surface area (Å²) in [5, 5.41) is 0.383. The minimum absolute atomic E-state index is 0.383. The Morgan fingerprint density at radius 3 is 2.82 bits per heavy atom. The molecule has 0 aromatic heterocycles. The first-order chi connectivity index (χ1) is 5.38. The second kappa shape index (κ2) is 3.18. The Morgan fingerprint density at radius 2 is 2.00 bits per heavy atom. The molecule has 0 nitrogen and oxygen atoms in total. The van der Waals surface area contributed by atoms with Gasteiger partial charge in [0.2, 0.25) is 0 Å². The van der Waals surface area contributed by atoms with Crippen LogP contribution in [0.2, 0.25) is 0 Å². The molecule has 2 aliphatic rings. The van der Waals surface area contributed by atoms with E-state index in [4.69, 9.17) is 11.6 Å². The molecule has 0 bridgehead atoms. The van der Waals surface area contributed by atoms with Gasteiger partial charge < -0.3 is 0 Å². The lowest BCUT2D eigenvalue weighted by atomic mass is 9.77. The molecule has 1 fully saturated rings. The fourth-order valence-electron chi connectivity index (χ4n) is 2.37. The van der Waals surface area contributed by atoms with Crippen LogP contribution in [0, 0.1) is 5.92 Å². The van der Waals surface area contributed by atoms with Crippen molar-refractivity contribution in [2.75, 3.05) is 0 Å². The summed E-state index contributed by atoms with van der Waals surface area (Å²) in [4.78, 5) is 0. The Bertz CT molecular complexity index is 172. The maximum Gasteiger partial charge on any atom is 0.0547 e. The highest BCUT2D eigenvalue weighted by Crippen LogP contribution is 2.38. The first-order valence-corrected chi connectivity index (χ1v) is 5.15. The minimum Gasteiger partial charge on any atom is -0.118 e. The Balaban J connectivity index is 2.14. The van der Waals surface area contributed by atoms with Crippen LogP contribution >= 0.6 is 11.6 Å². The molecule has 2 rings (SSSR count). The third-order valence-corrected chi connectivity index (χ3v) is 3.45. The highest BCUT2D eigenvalue weighted by molar-refractivity contribution is 6.22. The maximum absolute atomic E-state index is 6.22. The van der Waals surface area contributed by atoms with Crippen LogP contribution in [0.1, 0.15) is 38.5 Å². The maximum atomic E-state index is 6.22. The number of fused-ring (bicyclic) bond motifs is 1. The van der Waals surface area contributed by atoms with Crippen molar-refractivity contribution in [3.05, 3.63) is 11.6 Å². The zero-order valence-electron chi connectivity index (χ0n) is 6.85. The molecule has 0 saturated heterocycles. The molecule has 0 aromatic rings. The summed E-state index contributed by atoms with van der Waals surface area (Å²) >= 11 is 6.22. The zero-order chi connectivity index (χ0) is 7.68. The van der Waals surface area contributed by atoms with Crippen molar-refractivity contribution in [1.82, 2.24) is 0 Å². The van der Waals surface area contributed by atoms with E-state index in [9.17, 15) is 0 Å². The molecule has 0 N–H and O–H groups in total. The van der Waals surface area contributed by atoms with E-state index in [1.807, 2.05) is 0 Å². The van der Waals surface area contributed by atoms with Gasteiger partial charge in [-0.2, -0.15) is 0 Å². The monoisotopic (exact) mass is 170 g/mol. The molecular weight excluding hydrogens is 156 g/mol. The third-order valence-electron chi connectivity index (χ3n) is 2.98. The van der Waals surface area contributed by atoms with Crippen molar-refractivity contribution in [3.63, 3.8) is 0 Å². The van der Waals surface area contributed by atoms with Gasteiger partial charge in [-0.15, -0.1) is 11.6 Å². The van der Waals surface area contributed by atoms with E-state index in [2.05, 4.69) is 6.08 Å². The van der Waals surface area contributed by atoms with Crippen LogP contribution in [0.4, 0.5) is 0 Å². The largest absolute Gasteiger partial charge is 0.118 e. The van der Waals surface area contributed by atoms with Gasteiger partial charge in [0.1, 0.15) is 0 Å². The topological polar surface area (TPSA) is 0 Å². The number of rotatable bonds is 0. The molecule has 0 aliphatic heterocycles. The van der Waals surface area contributed by atoms with Crippen LogP contribution < -0.4 is 0 Å². The van der Waals surface area contributed by atoms with Crippen LogP contribution in [-0.2, 0) is 0 Å². The van der Waals surface area contributed by atoms with E-state index in [0.717, 1.165) is 5.92 Å². The van der Waals surface area contributed by atoms with Gasteiger partial charge in [-0.05, 0) is 38.0 Å². The van der Waals surface area contributed by atoms with Crippen LogP contribution in [0.5, 0.6) is 0 Å². The van der Waals surface area contributed by atoms with Crippen LogP contribution in [0.25, 0.3) is 0 Å². The predicted octanol–water partition coefficient (Wildman–Crippen LogP) is 3.50. The lowest BCUT2D eigenvalue weighted by molar-refractivity contribution is 0.405. The molecule has 0 spiro atoms. The normalized spacial score (nSPS) is 37.7. The van der Waals surface area contributed by atoms with Gasteiger partial charge >= 0.3 is 0 Å². The van der Waals surface area contributed by atoms with Crippen molar-refractivity contribution < 1.29 is 0 Å². The Kier molecular flexibility index (Phi) is 2.22. The SMILES string of the molecule is ClC1CCCC2CCCC=C12. The van der Waals surface area contributed by atoms with E-state index in [0.29, 0.717) is 5.38 Å². The third kappa shape index (κ3) is 1.46. The van der Waals surface area contributed by atoms with E-state index in [1.54, 1.807) is 5.57 Å². The first-order valence-electron chi connectivity index (χ1n) is 4.72. The first kappa shape index (κ1) is 7.67. The van der Waals surface area contributed by atoms with Gasteiger partial charge in [0, 0.05) is 0 Å². The average Bonchev–Trinajstić information content (AvgIpc) is 2.06. The molecule has 11 heavy (non-hydrogen) atoms. The van der Waals surface area contributed by atoms with Gasteiger partial charge in [-0.25, -0.2) is 0 Å². The van der Waals surface area contributed by atoms with Crippen LogP contribution in [0.15, 0.2) is 11.6 Å². The van der Waals surface area contributed by atoms with Gasteiger partial charge in [-0.3, -0.25) is 0 Å². The second-order valence-electron chi connectivity index (χ2n) is 3.73. The van der Waals surface area contributed by atoms with Crippen molar-refractivity contribution in [3.8, 4) is 0 Å². The molecule has 2 atom stereocenters. The van der Waals surface area contributed by atoms with Gasteiger partial charge in [0.25, 0.3) is 0 Å². The van der Waals surface area contributed by atoms with Crippen LogP contribution in [-0.4, -0.2) is 5.38 Å².